The Morgan fingerprint density at radius 3 is 2.75 bits per heavy atom. The van der Waals surface area contributed by atoms with Gasteiger partial charge < -0.3 is 10.1 Å². The van der Waals surface area contributed by atoms with E-state index in [0.29, 0.717) is 0 Å². The third-order valence-electron chi connectivity index (χ3n) is 2.85. The van der Waals surface area contributed by atoms with Gasteiger partial charge in [-0.05, 0) is 0 Å². The summed E-state index contributed by atoms with van der Waals surface area (Å²) in [5.74, 6) is -4.49. The van der Waals surface area contributed by atoms with Crippen LogP contribution in [-0.2, 0) is 9.53 Å². The molecule has 1 saturated carbocycles. The number of rotatable bonds is 1. The molecule has 3 nitrogen and oxygen atoms in total. The number of fused-ring (bicyclic) bond motifs is 1. The van der Waals surface area contributed by atoms with E-state index in [1.54, 1.807) is 0 Å². The van der Waals surface area contributed by atoms with Crippen LogP contribution in [0.15, 0.2) is 0 Å². The molecule has 0 aromatic rings. The van der Waals surface area contributed by atoms with Crippen LogP contribution in [0.4, 0.5) is 8.78 Å². The van der Waals surface area contributed by atoms with E-state index in [-0.39, 0.29) is 13.1 Å². The van der Waals surface area contributed by atoms with Crippen LogP contribution in [0.5, 0.6) is 0 Å². The molecule has 5 heteroatoms. The summed E-state index contributed by atoms with van der Waals surface area (Å²) < 4.78 is 30.3. The van der Waals surface area contributed by atoms with Gasteiger partial charge in [0.15, 0.2) is 5.41 Å². The maximum atomic E-state index is 13.0. The average Bonchev–Trinajstić information content (AvgIpc) is 2.48. The number of hydrogen-bond acceptors (Lipinski definition) is 3. The Morgan fingerprint density at radius 2 is 2.33 bits per heavy atom. The van der Waals surface area contributed by atoms with Crippen LogP contribution >= 0.6 is 0 Å². The van der Waals surface area contributed by atoms with Gasteiger partial charge in [0.1, 0.15) is 0 Å². The molecule has 12 heavy (non-hydrogen) atoms. The molecule has 0 radical (unpaired) electrons. The largest absolute Gasteiger partial charge is 0.468 e. The summed E-state index contributed by atoms with van der Waals surface area (Å²) in [6.07, 6.45) is 0. The highest BCUT2D eigenvalue weighted by Gasteiger charge is 2.87. The predicted octanol–water partition coefficient (Wildman–Crippen LogP) is 0.0141. The molecule has 2 fully saturated rings. The molecule has 1 aliphatic carbocycles. The van der Waals surface area contributed by atoms with E-state index < -0.39 is 23.2 Å². The second-order valence-corrected chi connectivity index (χ2v) is 3.27. The number of carbonyl (C=O) groups excluding carboxylic acids is 1. The van der Waals surface area contributed by atoms with Crippen molar-refractivity contribution in [1.82, 2.24) is 5.32 Å². The van der Waals surface area contributed by atoms with Gasteiger partial charge in [-0.2, -0.15) is 0 Å². The monoisotopic (exact) mass is 177 g/mol. The fourth-order valence-corrected chi connectivity index (χ4v) is 2.02. The number of alkyl halides is 2. The zero-order valence-electron chi connectivity index (χ0n) is 6.56. The molecular weight excluding hydrogens is 168 g/mol. The van der Waals surface area contributed by atoms with Gasteiger partial charge in [-0.3, -0.25) is 4.79 Å². The lowest BCUT2D eigenvalue weighted by Crippen LogP contribution is -2.32. The quantitative estimate of drug-likeness (QED) is 0.573. The van der Waals surface area contributed by atoms with Gasteiger partial charge in [0.2, 0.25) is 0 Å². The summed E-state index contributed by atoms with van der Waals surface area (Å²) in [5.41, 5.74) is -1.54. The molecule has 2 aliphatic rings. The SMILES string of the molecule is COC(=O)[C@@]12CNC[C@@H]1C2(F)F. The third kappa shape index (κ3) is 0.576. The number of ether oxygens (including phenoxy) is 1. The fourth-order valence-electron chi connectivity index (χ4n) is 2.02. The van der Waals surface area contributed by atoms with Gasteiger partial charge in [-0.25, -0.2) is 8.78 Å². The van der Waals surface area contributed by atoms with Crippen LogP contribution < -0.4 is 5.32 Å². The molecule has 0 aromatic heterocycles. The molecule has 1 N–H and O–H groups in total. The molecule has 0 amide bonds. The number of hydrogen-bond donors (Lipinski definition) is 1. The van der Waals surface area contributed by atoms with Gasteiger partial charge >= 0.3 is 5.97 Å². The highest BCUT2D eigenvalue weighted by atomic mass is 19.3. The first-order valence-corrected chi connectivity index (χ1v) is 3.74. The summed E-state index contributed by atoms with van der Waals surface area (Å²) in [7, 11) is 1.14. The Kier molecular flexibility index (Phi) is 1.29. The maximum absolute atomic E-state index is 13.0. The Morgan fingerprint density at radius 1 is 1.67 bits per heavy atom. The standard InChI is InChI=1S/C7H9F2NO2/c1-12-5(11)6-3-10-2-4(6)7(6,8)9/h4,10H,2-3H2,1H3/t4-,6+/m0/s1. The van der Waals surface area contributed by atoms with Gasteiger partial charge in [-0.15, -0.1) is 0 Å². The van der Waals surface area contributed by atoms with Crippen molar-refractivity contribution in [2.45, 2.75) is 5.92 Å². The number of methoxy groups -OCH3 is 1. The van der Waals surface area contributed by atoms with Gasteiger partial charge in [0, 0.05) is 13.1 Å². The molecule has 0 spiro atoms. The van der Waals surface area contributed by atoms with Crippen LogP contribution in [0.25, 0.3) is 0 Å². The lowest BCUT2D eigenvalue weighted by molar-refractivity contribution is -0.150. The van der Waals surface area contributed by atoms with Crippen LogP contribution in [-0.4, -0.2) is 32.1 Å². The summed E-state index contributed by atoms with van der Waals surface area (Å²) >= 11 is 0. The topological polar surface area (TPSA) is 38.3 Å². The van der Waals surface area contributed by atoms with Crippen LogP contribution in [0.1, 0.15) is 0 Å². The van der Waals surface area contributed by atoms with Crippen molar-refractivity contribution in [3.05, 3.63) is 0 Å². The van der Waals surface area contributed by atoms with Crippen molar-refractivity contribution in [2.75, 3.05) is 20.2 Å². The first kappa shape index (κ1) is 7.91. The normalized spacial score (nSPS) is 42.1. The van der Waals surface area contributed by atoms with Crippen molar-refractivity contribution in [2.24, 2.45) is 11.3 Å². The summed E-state index contributed by atoms with van der Waals surface area (Å²) in [6.45, 7) is 0.249. The Labute approximate surface area is 68.1 Å². The molecule has 0 unspecified atom stereocenters. The first-order valence-electron chi connectivity index (χ1n) is 3.74. The molecule has 1 saturated heterocycles. The lowest BCUT2D eigenvalue weighted by atomic mass is 10.1. The first-order chi connectivity index (χ1) is 5.57. The molecule has 1 aliphatic heterocycles. The van der Waals surface area contributed by atoms with E-state index >= 15 is 0 Å². The number of esters is 1. The van der Waals surface area contributed by atoms with E-state index in [2.05, 4.69) is 10.1 Å². The molecule has 2 atom stereocenters. The molecular formula is C7H9F2NO2. The summed E-state index contributed by atoms with van der Waals surface area (Å²) in [6, 6.07) is 0. The second kappa shape index (κ2) is 1.96. The van der Waals surface area contributed by atoms with E-state index in [1.165, 1.54) is 0 Å². The van der Waals surface area contributed by atoms with Crippen molar-refractivity contribution >= 4 is 5.97 Å². The van der Waals surface area contributed by atoms with Crippen LogP contribution in [0.3, 0.4) is 0 Å². The Hall–Kier alpha value is -0.710. The zero-order chi connectivity index (χ0) is 8.98. The number of carbonyl (C=O) groups is 1. The van der Waals surface area contributed by atoms with Gasteiger partial charge in [0.05, 0.1) is 13.0 Å². The predicted molar refractivity (Wildman–Crippen MR) is 35.8 cm³/mol. The molecule has 2 rings (SSSR count). The second-order valence-electron chi connectivity index (χ2n) is 3.27. The van der Waals surface area contributed by atoms with Crippen molar-refractivity contribution < 1.29 is 18.3 Å². The van der Waals surface area contributed by atoms with Crippen LogP contribution in [0, 0.1) is 11.3 Å². The van der Waals surface area contributed by atoms with E-state index in [0.717, 1.165) is 7.11 Å². The van der Waals surface area contributed by atoms with E-state index in [1.807, 2.05) is 0 Å². The number of nitrogens with one attached hydrogen (secondary N) is 1. The fraction of sp³-hybridized carbons (Fsp3) is 0.857. The van der Waals surface area contributed by atoms with E-state index in [9.17, 15) is 13.6 Å². The minimum atomic E-state index is -2.86. The minimum Gasteiger partial charge on any atom is -0.468 e. The molecule has 0 bridgehead atoms. The van der Waals surface area contributed by atoms with Crippen LogP contribution in [0.2, 0.25) is 0 Å². The Bertz CT molecular complexity index is 244. The highest BCUT2D eigenvalue weighted by Crippen LogP contribution is 2.68. The maximum Gasteiger partial charge on any atom is 0.319 e. The summed E-state index contributed by atoms with van der Waals surface area (Å²) in [4.78, 5) is 11.1. The molecule has 0 aromatic carbocycles. The van der Waals surface area contributed by atoms with E-state index in [4.69, 9.17) is 0 Å². The number of piperidine rings is 1. The summed E-state index contributed by atoms with van der Waals surface area (Å²) in [5, 5.41) is 2.75. The minimum absolute atomic E-state index is 0.0390. The Balaban J connectivity index is 2.27. The van der Waals surface area contributed by atoms with Gasteiger partial charge in [-0.1, -0.05) is 0 Å². The highest BCUT2D eigenvalue weighted by molar-refractivity contribution is 5.84. The molecule has 1 heterocycles. The van der Waals surface area contributed by atoms with Crippen molar-refractivity contribution in [3.63, 3.8) is 0 Å². The molecule has 68 valence electrons. The zero-order valence-corrected chi connectivity index (χ0v) is 6.56. The smallest absolute Gasteiger partial charge is 0.319 e. The van der Waals surface area contributed by atoms with Crippen molar-refractivity contribution in [3.8, 4) is 0 Å². The average molecular weight is 177 g/mol. The third-order valence-corrected chi connectivity index (χ3v) is 2.85. The van der Waals surface area contributed by atoms with Crippen molar-refractivity contribution in [1.29, 1.82) is 0 Å². The lowest BCUT2D eigenvalue weighted by Gasteiger charge is -2.10. The number of halogens is 2. The van der Waals surface area contributed by atoms with Gasteiger partial charge in [0.25, 0.3) is 5.92 Å².